The number of carbonyl (C=O) groups excluding carboxylic acids is 2. The molecule has 2 aromatic carbocycles. The summed E-state index contributed by atoms with van der Waals surface area (Å²) in [5, 5.41) is 16.1. The summed E-state index contributed by atoms with van der Waals surface area (Å²) in [5.74, 6) is -0.254. The lowest BCUT2D eigenvalue weighted by Gasteiger charge is -2.03. The highest BCUT2D eigenvalue weighted by Gasteiger charge is 2.15. The van der Waals surface area contributed by atoms with Gasteiger partial charge in [-0.25, -0.2) is 10.2 Å². The van der Waals surface area contributed by atoms with E-state index < -0.39 is 4.92 Å². The Bertz CT molecular complexity index is 695. The molecule has 21 heavy (non-hydrogen) atoms. The van der Waals surface area contributed by atoms with Crippen LogP contribution in [0.4, 0.5) is 5.69 Å². The number of nitrogens with one attached hydrogen (secondary N) is 1. The first-order valence-corrected chi connectivity index (χ1v) is 5.96. The summed E-state index contributed by atoms with van der Waals surface area (Å²) in [6.07, 6.45) is 0.750. The summed E-state index contributed by atoms with van der Waals surface area (Å²) >= 11 is 5.89. The van der Waals surface area contributed by atoms with Gasteiger partial charge in [-0.2, -0.15) is 0 Å². The van der Waals surface area contributed by atoms with Crippen molar-refractivity contribution in [1.82, 2.24) is 0 Å². The van der Waals surface area contributed by atoms with E-state index in [9.17, 15) is 14.9 Å². The average Bonchev–Trinajstić information content (AvgIpc) is 2.48. The predicted molar refractivity (Wildman–Crippen MR) is 76.4 cm³/mol. The number of nitro groups is 1. The molecular weight excluding hydrogens is 296 g/mol. The van der Waals surface area contributed by atoms with Gasteiger partial charge in [-0.05, 0) is 6.07 Å². The van der Waals surface area contributed by atoms with Gasteiger partial charge in [0.1, 0.15) is 0 Å². The van der Waals surface area contributed by atoms with E-state index >= 15 is 0 Å². The van der Waals surface area contributed by atoms with E-state index in [1.54, 1.807) is 30.3 Å². The maximum absolute atomic E-state index is 12.1. The second-order valence-corrected chi connectivity index (χ2v) is 4.13. The Kier molecular flexibility index (Phi) is 5.95. The first-order valence-electron chi connectivity index (χ1n) is 5.58. The van der Waals surface area contributed by atoms with E-state index in [1.165, 1.54) is 18.2 Å². The van der Waals surface area contributed by atoms with Gasteiger partial charge in [0, 0.05) is 23.3 Å². The maximum Gasteiger partial charge on any atom is 0.270 e. The van der Waals surface area contributed by atoms with Crippen molar-refractivity contribution in [3.8, 4) is 0 Å². The van der Waals surface area contributed by atoms with Crippen molar-refractivity contribution in [2.45, 2.75) is 0 Å². The van der Waals surface area contributed by atoms with Gasteiger partial charge in [0.2, 0.25) is 6.08 Å². The number of hydrogen-bond acceptors (Lipinski definition) is 5. The fourth-order valence-corrected chi connectivity index (χ4v) is 1.81. The molecule has 106 valence electrons. The number of rotatable bonds is 3. The molecule has 0 atom stereocenters. The van der Waals surface area contributed by atoms with Gasteiger partial charge < -0.3 is 0 Å². The number of non-ortho nitro benzene ring substituents is 1. The molecule has 1 N–H and O–H groups in total. The average molecular weight is 305 g/mol. The van der Waals surface area contributed by atoms with Crippen molar-refractivity contribution in [3.63, 3.8) is 0 Å². The summed E-state index contributed by atoms with van der Waals surface area (Å²) < 4.78 is 0. The monoisotopic (exact) mass is 304 g/mol. The number of isocyanates is 1. The van der Waals surface area contributed by atoms with Crippen LogP contribution in [0.1, 0.15) is 15.9 Å². The second-order valence-electron chi connectivity index (χ2n) is 3.72. The Morgan fingerprint density at radius 1 is 1.19 bits per heavy atom. The van der Waals surface area contributed by atoms with Crippen molar-refractivity contribution in [2.75, 3.05) is 0 Å². The third kappa shape index (κ3) is 4.35. The van der Waals surface area contributed by atoms with Crippen LogP contribution in [0, 0.1) is 15.5 Å². The zero-order chi connectivity index (χ0) is 15.8. The number of halogens is 1. The fourth-order valence-electron chi connectivity index (χ4n) is 1.55. The van der Waals surface area contributed by atoms with Gasteiger partial charge in [0.15, 0.2) is 5.78 Å². The molecule has 2 rings (SSSR count). The van der Waals surface area contributed by atoms with Crippen molar-refractivity contribution in [2.24, 2.45) is 0 Å². The molecule has 6 nitrogen and oxygen atoms in total. The van der Waals surface area contributed by atoms with E-state index in [2.05, 4.69) is 0 Å². The van der Waals surface area contributed by atoms with Crippen LogP contribution in [0.25, 0.3) is 0 Å². The van der Waals surface area contributed by atoms with E-state index in [4.69, 9.17) is 21.8 Å². The summed E-state index contributed by atoms with van der Waals surface area (Å²) in [6, 6.07) is 12.4. The van der Waals surface area contributed by atoms with Gasteiger partial charge in [0.05, 0.1) is 9.95 Å². The minimum absolute atomic E-state index is 0.0815. The van der Waals surface area contributed by atoms with Gasteiger partial charge >= 0.3 is 0 Å². The molecule has 0 saturated carbocycles. The number of ketones is 1. The fraction of sp³-hybridized carbons (Fsp3) is 0. The molecule has 0 bridgehead atoms. The summed E-state index contributed by atoms with van der Waals surface area (Å²) in [4.78, 5) is 30.5. The second kappa shape index (κ2) is 7.69. The Hall–Kier alpha value is -2.82. The van der Waals surface area contributed by atoms with Gasteiger partial charge in [-0.15, -0.1) is 0 Å². The molecule has 0 heterocycles. The number of nitro benzene ring substituents is 1. The number of nitrogens with zero attached hydrogens (tertiary/aromatic N) is 1. The largest absolute Gasteiger partial charge is 0.289 e. The van der Waals surface area contributed by atoms with Crippen molar-refractivity contribution < 1.29 is 14.5 Å². The molecule has 0 fully saturated rings. The SMILES string of the molecule is N=C=O.O=C(c1ccccc1)c1ccc([N+](=O)[O-])cc1Cl. The number of carbonyl (C=O) groups is 1. The van der Waals surface area contributed by atoms with Crippen LogP contribution < -0.4 is 0 Å². The van der Waals surface area contributed by atoms with Crippen LogP contribution in [0.3, 0.4) is 0 Å². The first-order chi connectivity index (χ1) is 10.0. The minimum Gasteiger partial charge on any atom is -0.289 e. The standard InChI is InChI=1S/C13H8ClNO3.CHNO/c14-12-8-10(15(17)18)6-7-11(12)13(16)9-4-2-1-3-5-9;2-1-3/h1-8H;2H. The lowest BCUT2D eigenvalue weighted by molar-refractivity contribution is -0.384. The van der Waals surface area contributed by atoms with Crippen LogP contribution in [0.2, 0.25) is 5.02 Å². The smallest absolute Gasteiger partial charge is 0.270 e. The van der Waals surface area contributed by atoms with Gasteiger partial charge in [-0.1, -0.05) is 41.9 Å². The molecule has 0 spiro atoms. The highest BCUT2D eigenvalue weighted by Crippen LogP contribution is 2.24. The Morgan fingerprint density at radius 3 is 2.24 bits per heavy atom. The lowest BCUT2D eigenvalue weighted by Crippen LogP contribution is -2.02. The molecular formula is C14H9ClN2O4. The molecule has 0 aliphatic heterocycles. The lowest BCUT2D eigenvalue weighted by atomic mass is 10.0. The van der Waals surface area contributed by atoms with Crippen molar-refractivity contribution in [3.05, 3.63) is 74.8 Å². The van der Waals surface area contributed by atoms with E-state index in [0.717, 1.165) is 6.08 Å². The highest BCUT2D eigenvalue weighted by molar-refractivity contribution is 6.35. The minimum atomic E-state index is -0.553. The van der Waals surface area contributed by atoms with Crippen LogP contribution in [0.15, 0.2) is 48.5 Å². The quantitative estimate of drug-likeness (QED) is 0.309. The predicted octanol–water partition coefficient (Wildman–Crippen LogP) is 3.38. The van der Waals surface area contributed by atoms with Gasteiger partial charge in [0.25, 0.3) is 5.69 Å². The maximum atomic E-state index is 12.1. The Labute approximate surface area is 124 Å². The van der Waals surface area contributed by atoms with Gasteiger partial charge in [-0.3, -0.25) is 14.9 Å². The van der Waals surface area contributed by atoms with E-state index in [1.807, 2.05) is 0 Å². The van der Waals surface area contributed by atoms with Crippen LogP contribution in [-0.2, 0) is 4.79 Å². The Balaban J connectivity index is 0.000000677. The highest BCUT2D eigenvalue weighted by atomic mass is 35.5. The third-order valence-electron chi connectivity index (χ3n) is 2.44. The Morgan fingerprint density at radius 2 is 1.76 bits per heavy atom. The molecule has 0 amide bonds. The zero-order valence-electron chi connectivity index (χ0n) is 10.6. The topological polar surface area (TPSA) is 101 Å². The van der Waals surface area contributed by atoms with Crippen molar-refractivity contribution >= 4 is 29.2 Å². The summed E-state index contributed by atoms with van der Waals surface area (Å²) in [5.41, 5.74) is 0.617. The molecule has 0 aliphatic carbocycles. The zero-order valence-corrected chi connectivity index (χ0v) is 11.3. The van der Waals surface area contributed by atoms with Crippen LogP contribution in [-0.4, -0.2) is 16.8 Å². The molecule has 7 heteroatoms. The molecule has 0 saturated heterocycles. The molecule has 0 radical (unpaired) electrons. The normalized spacial score (nSPS) is 9.00. The number of benzene rings is 2. The van der Waals surface area contributed by atoms with E-state index in [-0.39, 0.29) is 22.1 Å². The van der Waals surface area contributed by atoms with E-state index in [0.29, 0.717) is 5.56 Å². The molecule has 2 aromatic rings. The molecule has 0 unspecified atom stereocenters. The molecule has 0 aliphatic rings. The van der Waals surface area contributed by atoms with Crippen molar-refractivity contribution in [1.29, 1.82) is 5.41 Å². The van der Waals surface area contributed by atoms with Crippen LogP contribution >= 0.6 is 11.6 Å². The summed E-state index contributed by atoms with van der Waals surface area (Å²) in [6.45, 7) is 0. The first kappa shape index (κ1) is 16.2. The molecule has 0 aromatic heterocycles. The third-order valence-corrected chi connectivity index (χ3v) is 2.76. The summed E-state index contributed by atoms with van der Waals surface area (Å²) in [7, 11) is 0. The number of hydrogen-bond donors (Lipinski definition) is 1. The van der Waals surface area contributed by atoms with Crippen LogP contribution in [0.5, 0.6) is 0 Å².